The van der Waals surface area contributed by atoms with Crippen molar-refractivity contribution in [2.24, 2.45) is 11.7 Å². The topological polar surface area (TPSA) is 125 Å². The first-order chi connectivity index (χ1) is 19.7. The molecule has 0 heterocycles. The Balaban J connectivity index is 0.000000932. The quantitative estimate of drug-likeness (QED) is 0.0981. The molecule has 8 heteroatoms. The van der Waals surface area contributed by atoms with Gasteiger partial charge in [-0.15, -0.1) is 6.58 Å². The lowest BCUT2D eigenvalue weighted by atomic mass is 9.94. The Kier molecular flexibility index (Phi) is 19.8. The summed E-state index contributed by atoms with van der Waals surface area (Å²) in [6.07, 6.45) is 9.42. The number of allylic oxidation sites excluding steroid dienone is 2. The van der Waals surface area contributed by atoms with E-state index in [1.54, 1.807) is 13.0 Å². The molecule has 0 aliphatic heterocycles. The number of carbonyl (C=O) groups excluding carboxylic acids is 3. The molecule has 2 aromatic rings. The minimum atomic E-state index is -0.829. The highest BCUT2D eigenvalue weighted by molar-refractivity contribution is 5.89. The standard InChI is InChI=1S/C19H33N5O3.C12H12.C2H6/c1-6-8-14(4)22-10-16(13(3)7-2)9-17(24-18(26)15(5)20)19(27)23-11-21-12-25;1-2-10-7-5-8-11-6-3-4-9-12(10)11;1-2/h6-8,10,12-15,17,22H,2,9,11,20H2,1,3-5H3,(H,21,25)(H,23,27)(H,24,26);3-9H,2H2,1H3;1-2H3/b8-6-,16-10-;;/t13?,14?,15?,17-;;/m1../s1. The van der Waals surface area contributed by atoms with E-state index in [4.69, 9.17) is 5.73 Å². The van der Waals surface area contributed by atoms with E-state index in [-0.39, 0.29) is 25.0 Å². The molecule has 0 spiro atoms. The second-order valence-corrected chi connectivity index (χ2v) is 9.31. The van der Waals surface area contributed by atoms with Crippen molar-refractivity contribution in [2.45, 2.75) is 79.4 Å². The van der Waals surface area contributed by atoms with E-state index in [1.165, 1.54) is 16.3 Å². The zero-order valence-electron chi connectivity index (χ0n) is 25.9. The largest absolute Gasteiger partial charge is 0.385 e. The highest BCUT2D eigenvalue weighted by Gasteiger charge is 2.24. The van der Waals surface area contributed by atoms with Gasteiger partial charge in [0, 0.05) is 6.04 Å². The van der Waals surface area contributed by atoms with Crippen LogP contribution in [0.4, 0.5) is 0 Å². The van der Waals surface area contributed by atoms with E-state index in [2.05, 4.69) is 77.2 Å². The summed E-state index contributed by atoms with van der Waals surface area (Å²) in [5, 5.41) is 13.5. The van der Waals surface area contributed by atoms with Crippen molar-refractivity contribution in [3.63, 3.8) is 0 Å². The Labute approximate surface area is 246 Å². The van der Waals surface area contributed by atoms with Gasteiger partial charge in [0.15, 0.2) is 0 Å². The molecular weight excluding hydrogens is 514 g/mol. The summed E-state index contributed by atoms with van der Waals surface area (Å²) in [6, 6.07) is 13.6. The predicted molar refractivity (Wildman–Crippen MR) is 172 cm³/mol. The number of hydrogen-bond donors (Lipinski definition) is 5. The van der Waals surface area contributed by atoms with Gasteiger partial charge in [-0.05, 0) is 67.6 Å². The minimum absolute atomic E-state index is 0.00842. The number of benzene rings is 2. The molecule has 4 atom stereocenters. The molecule has 3 amide bonds. The molecule has 0 radical (unpaired) electrons. The molecule has 0 saturated carbocycles. The van der Waals surface area contributed by atoms with Gasteiger partial charge in [0.2, 0.25) is 18.2 Å². The number of nitrogens with one attached hydrogen (secondary N) is 4. The summed E-state index contributed by atoms with van der Waals surface area (Å²) < 4.78 is 0. The Morgan fingerprint density at radius 1 is 1.02 bits per heavy atom. The summed E-state index contributed by atoms with van der Waals surface area (Å²) in [7, 11) is 0. The van der Waals surface area contributed by atoms with Gasteiger partial charge in [-0.2, -0.15) is 0 Å². The molecular formula is C33H51N5O3. The van der Waals surface area contributed by atoms with Crippen LogP contribution in [0.15, 0.2) is 79.0 Å². The third kappa shape index (κ3) is 14.3. The molecule has 8 nitrogen and oxygen atoms in total. The average molecular weight is 566 g/mol. The Morgan fingerprint density at radius 2 is 1.68 bits per heavy atom. The zero-order chi connectivity index (χ0) is 31.2. The molecule has 6 N–H and O–H groups in total. The van der Waals surface area contributed by atoms with E-state index >= 15 is 0 Å². The van der Waals surface area contributed by atoms with E-state index in [1.807, 2.05) is 53.0 Å². The summed E-state index contributed by atoms with van der Waals surface area (Å²) in [6.45, 7) is 17.4. The average Bonchev–Trinajstić information content (AvgIpc) is 2.99. The van der Waals surface area contributed by atoms with Crippen LogP contribution in [0.2, 0.25) is 0 Å². The van der Waals surface area contributed by atoms with Crippen molar-refractivity contribution < 1.29 is 14.4 Å². The normalized spacial score (nSPS) is 13.7. The molecule has 0 aromatic heterocycles. The van der Waals surface area contributed by atoms with Gasteiger partial charge in [0.1, 0.15) is 6.04 Å². The lowest BCUT2D eigenvalue weighted by Crippen LogP contribution is -2.52. The number of rotatable bonds is 14. The molecule has 0 bridgehead atoms. The Bertz CT molecular complexity index is 1120. The van der Waals surface area contributed by atoms with E-state index in [0.717, 1.165) is 12.0 Å². The molecule has 0 aliphatic rings. The van der Waals surface area contributed by atoms with Crippen molar-refractivity contribution in [1.82, 2.24) is 21.3 Å². The van der Waals surface area contributed by atoms with E-state index in [9.17, 15) is 14.4 Å². The third-order valence-electron chi connectivity index (χ3n) is 6.15. The number of nitrogens with two attached hydrogens (primary N) is 1. The van der Waals surface area contributed by atoms with Crippen molar-refractivity contribution in [1.29, 1.82) is 0 Å². The van der Waals surface area contributed by atoms with Crippen LogP contribution >= 0.6 is 0 Å². The highest BCUT2D eigenvalue weighted by atomic mass is 16.2. The van der Waals surface area contributed by atoms with Gasteiger partial charge >= 0.3 is 0 Å². The van der Waals surface area contributed by atoms with Crippen LogP contribution in [0, 0.1) is 5.92 Å². The Morgan fingerprint density at radius 3 is 2.27 bits per heavy atom. The lowest BCUT2D eigenvalue weighted by Gasteiger charge is -2.23. The number of hydrogen-bond acceptors (Lipinski definition) is 5. The number of fused-ring (bicyclic) bond motifs is 1. The van der Waals surface area contributed by atoms with Gasteiger partial charge in [0.25, 0.3) is 0 Å². The molecule has 0 aliphatic carbocycles. The molecule has 0 saturated heterocycles. The van der Waals surface area contributed by atoms with Gasteiger partial charge in [-0.25, -0.2) is 0 Å². The van der Waals surface area contributed by atoms with Crippen molar-refractivity contribution >= 4 is 29.0 Å². The molecule has 0 fully saturated rings. The fraction of sp³-hybridized carbons (Fsp3) is 0.424. The second kappa shape index (κ2) is 21.9. The first kappa shape index (κ1) is 37.1. The second-order valence-electron chi connectivity index (χ2n) is 9.31. The van der Waals surface area contributed by atoms with Crippen molar-refractivity contribution in [2.75, 3.05) is 6.67 Å². The first-order valence-corrected chi connectivity index (χ1v) is 14.4. The van der Waals surface area contributed by atoms with Gasteiger partial charge < -0.3 is 27.0 Å². The highest BCUT2D eigenvalue weighted by Crippen LogP contribution is 2.19. The van der Waals surface area contributed by atoms with Crippen LogP contribution in [-0.4, -0.2) is 43.0 Å². The maximum atomic E-state index is 12.5. The fourth-order valence-corrected chi connectivity index (χ4v) is 3.76. The SMILES string of the molecule is C=CC(C)/C(=C\NC(C)/C=C\C)C[C@@H](NC(=O)C(C)N)C(=O)NCNC=O.CC.CCc1cccc2ccccc12. The zero-order valence-corrected chi connectivity index (χ0v) is 25.9. The maximum absolute atomic E-state index is 12.5. The summed E-state index contributed by atoms with van der Waals surface area (Å²) >= 11 is 0. The van der Waals surface area contributed by atoms with Crippen LogP contribution in [0.25, 0.3) is 10.8 Å². The minimum Gasteiger partial charge on any atom is -0.385 e. The summed E-state index contributed by atoms with van der Waals surface area (Å²) in [5.41, 5.74) is 7.94. The van der Waals surface area contributed by atoms with Crippen LogP contribution in [-0.2, 0) is 20.8 Å². The molecule has 226 valence electrons. The van der Waals surface area contributed by atoms with Crippen LogP contribution in [0.5, 0.6) is 0 Å². The molecule has 2 aromatic carbocycles. The first-order valence-electron chi connectivity index (χ1n) is 14.4. The Hall–Kier alpha value is -3.91. The number of amides is 3. The van der Waals surface area contributed by atoms with E-state index < -0.39 is 23.9 Å². The van der Waals surface area contributed by atoms with Crippen molar-refractivity contribution in [3.8, 4) is 0 Å². The maximum Gasteiger partial charge on any atom is 0.244 e. The van der Waals surface area contributed by atoms with Crippen LogP contribution < -0.4 is 27.0 Å². The lowest BCUT2D eigenvalue weighted by molar-refractivity contribution is -0.129. The fourth-order valence-electron chi connectivity index (χ4n) is 3.76. The van der Waals surface area contributed by atoms with Gasteiger partial charge in [-0.3, -0.25) is 14.4 Å². The van der Waals surface area contributed by atoms with Crippen molar-refractivity contribution in [3.05, 3.63) is 84.6 Å². The van der Waals surface area contributed by atoms with Gasteiger partial charge in [-0.1, -0.05) is 88.4 Å². The molecule has 41 heavy (non-hydrogen) atoms. The summed E-state index contributed by atoms with van der Waals surface area (Å²) in [5.74, 6) is -0.854. The van der Waals surface area contributed by atoms with E-state index in [0.29, 0.717) is 6.41 Å². The van der Waals surface area contributed by atoms with Gasteiger partial charge in [0.05, 0.1) is 12.7 Å². The van der Waals surface area contributed by atoms with Crippen LogP contribution in [0.3, 0.4) is 0 Å². The smallest absolute Gasteiger partial charge is 0.244 e. The summed E-state index contributed by atoms with van der Waals surface area (Å²) in [4.78, 5) is 34.8. The molecule has 2 rings (SSSR count). The molecule has 3 unspecified atom stereocenters. The van der Waals surface area contributed by atoms with Crippen LogP contribution in [0.1, 0.15) is 60.5 Å². The number of aryl methyl sites for hydroxylation is 1. The predicted octanol–water partition coefficient (Wildman–Crippen LogP) is 4.72. The monoisotopic (exact) mass is 565 g/mol. The number of carbonyl (C=O) groups is 3. The third-order valence-corrected chi connectivity index (χ3v) is 6.15.